The Morgan fingerprint density at radius 3 is 0.976 bits per heavy atom. The van der Waals surface area contributed by atoms with E-state index < -0.39 is 0 Å². The van der Waals surface area contributed by atoms with Gasteiger partial charge in [-0.3, -0.25) is 0 Å². The van der Waals surface area contributed by atoms with Gasteiger partial charge in [-0.1, -0.05) is 27.7 Å². The highest BCUT2D eigenvalue weighted by Crippen LogP contribution is 2.29. The zero-order valence-electron chi connectivity index (χ0n) is 26.4. The van der Waals surface area contributed by atoms with Gasteiger partial charge in [0.1, 0.15) is 0 Å². The van der Waals surface area contributed by atoms with E-state index in [9.17, 15) is 0 Å². The monoisotopic (exact) mass is 563 g/mol. The fourth-order valence-corrected chi connectivity index (χ4v) is 5.42. The Kier molecular flexibility index (Phi) is 10.8. The van der Waals surface area contributed by atoms with Crippen molar-refractivity contribution in [2.75, 3.05) is 33.2 Å². The maximum absolute atomic E-state index is 3.59. The summed E-state index contributed by atoms with van der Waals surface area (Å²) < 4.78 is 0. The molecule has 0 fully saturated rings. The number of rotatable bonds is 14. The molecule has 4 aromatic carbocycles. The first-order valence-corrected chi connectivity index (χ1v) is 15.4. The van der Waals surface area contributed by atoms with Crippen LogP contribution in [0.3, 0.4) is 0 Å². The zero-order chi connectivity index (χ0) is 30.1. The summed E-state index contributed by atoms with van der Waals surface area (Å²) in [5.41, 5.74) is 8.87. The Hall–Kier alpha value is -4.12. The average molecular weight is 564 g/mol. The van der Waals surface area contributed by atoms with Crippen LogP contribution in [0.2, 0.25) is 0 Å². The molecule has 0 aliphatic heterocycles. The molecule has 222 valence electrons. The maximum Gasteiger partial charge on any atom is 0.0409 e. The molecular formula is C37H49N5. The molecule has 5 heteroatoms. The highest BCUT2D eigenvalue weighted by Gasteiger charge is 2.08. The standard InChI is InChI=1S/C37H49N5/c1-26(2)24-28(5)38-30-8-12-32(13-9-30)40-34-16-20-36(21-17-34)42(7)37-22-18-35(19-23-37)41-33-14-10-31(11-15-33)39-29(6)25-27(3)4/h8-23,26-29,38-41H,24-25H2,1-7H3. The molecule has 4 aromatic rings. The summed E-state index contributed by atoms with van der Waals surface area (Å²) in [5, 5.41) is 14.2. The van der Waals surface area contributed by atoms with Crippen molar-refractivity contribution in [3.8, 4) is 0 Å². The van der Waals surface area contributed by atoms with Gasteiger partial charge in [-0.05, 0) is 136 Å². The predicted molar refractivity (Wildman–Crippen MR) is 185 cm³/mol. The second-order valence-electron chi connectivity index (χ2n) is 12.4. The van der Waals surface area contributed by atoms with Crippen molar-refractivity contribution >= 4 is 45.5 Å². The summed E-state index contributed by atoms with van der Waals surface area (Å²) in [7, 11) is 2.10. The molecule has 4 rings (SSSR count). The number of nitrogens with zero attached hydrogens (tertiary/aromatic N) is 1. The Morgan fingerprint density at radius 2 is 0.690 bits per heavy atom. The van der Waals surface area contributed by atoms with Gasteiger partial charge in [0.15, 0.2) is 0 Å². The van der Waals surface area contributed by atoms with Crippen LogP contribution in [0.4, 0.5) is 45.5 Å². The second kappa shape index (κ2) is 14.7. The van der Waals surface area contributed by atoms with Gasteiger partial charge in [0, 0.05) is 64.6 Å². The van der Waals surface area contributed by atoms with E-state index in [2.05, 4.69) is 172 Å². The molecule has 0 aliphatic rings. The SMILES string of the molecule is CC(C)CC(C)Nc1ccc(Nc2ccc(N(C)c3ccc(Nc4ccc(NC(C)CC(C)C)cc4)cc3)cc2)cc1. The van der Waals surface area contributed by atoms with E-state index in [-0.39, 0.29) is 0 Å². The normalized spacial score (nSPS) is 12.6. The van der Waals surface area contributed by atoms with E-state index in [4.69, 9.17) is 0 Å². The highest BCUT2D eigenvalue weighted by atomic mass is 15.1. The Labute approximate surface area is 253 Å². The van der Waals surface area contributed by atoms with Gasteiger partial charge in [0.05, 0.1) is 0 Å². The molecule has 0 heterocycles. The molecule has 0 saturated carbocycles. The first-order valence-electron chi connectivity index (χ1n) is 15.4. The molecule has 2 atom stereocenters. The van der Waals surface area contributed by atoms with Crippen molar-refractivity contribution in [2.45, 2.75) is 66.5 Å². The third-order valence-electron chi connectivity index (χ3n) is 7.33. The minimum absolute atomic E-state index is 0.462. The van der Waals surface area contributed by atoms with Gasteiger partial charge < -0.3 is 26.2 Å². The first kappa shape index (κ1) is 30.8. The van der Waals surface area contributed by atoms with Crippen LogP contribution in [-0.2, 0) is 0 Å². The van der Waals surface area contributed by atoms with Crippen molar-refractivity contribution in [1.29, 1.82) is 0 Å². The molecule has 4 N–H and O–H groups in total. The van der Waals surface area contributed by atoms with Crippen LogP contribution in [0.5, 0.6) is 0 Å². The number of benzene rings is 4. The van der Waals surface area contributed by atoms with E-state index in [0.29, 0.717) is 23.9 Å². The minimum atomic E-state index is 0.462. The zero-order valence-corrected chi connectivity index (χ0v) is 26.4. The summed E-state index contributed by atoms with van der Waals surface area (Å²) in [4.78, 5) is 2.20. The van der Waals surface area contributed by atoms with Gasteiger partial charge in [0.25, 0.3) is 0 Å². The Morgan fingerprint density at radius 1 is 0.429 bits per heavy atom. The molecule has 0 bridgehead atoms. The van der Waals surface area contributed by atoms with E-state index in [1.807, 2.05) is 0 Å². The quantitative estimate of drug-likeness (QED) is 0.123. The van der Waals surface area contributed by atoms with Crippen LogP contribution in [0.1, 0.15) is 54.4 Å². The van der Waals surface area contributed by atoms with Gasteiger partial charge in [0.2, 0.25) is 0 Å². The Balaban J connectivity index is 1.29. The van der Waals surface area contributed by atoms with Crippen LogP contribution < -0.4 is 26.2 Å². The molecule has 5 nitrogen and oxygen atoms in total. The van der Waals surface area contributed by atoms with E-state index >= 15 is 0 Å². The van der Waals surface area contributed by atoms with E-state index in [0.717, 1.165) is 58.3 Å². The van der Waals surface area contributed by atoms with Crippen LogP contribution in [-0.4, -0.2) is 19.1 Å². The molecule has 0 aliphatic carbocycles. The average Bonchev–Trinajstić information content (AvgIpc) is 2.95. The lowest BCUT2D eigenvalue weighted by Gasteiger charge is -2.21. The smallest absolute Gasteiger partial charge is 0.0409 e. The van der Waals surface area contributed by atoms with Crippen LogP contribution in [0.25, 0.3) is 0 Å². The maximum atomic E-state index is 3.59. The van der Waals surface area contributed by atoms with Gasteiger partial charge in [-0.2, -0.15) is 0 Å². The van der Waals surface area contributed by atoms with Crippen molar-refractivity contribution in [3.05, 3.63) is 97.1 Å². The molecule has 0 spiro atoms. The van der Waals surface area contributed by atoms with Crippen LogP contribution in [0, 0.1) is 11.8 Å². The van der Waals surface area contributed by atoms with Crippen molar-refractivity contribution in [1.82, 2.24) is 0 Å². The molecule has 0 saturated heterocycles. The Bertz CT molecular complexity index is 1240. The van der Waals surface area contributed by atoms with Gasteiger partial charge in [-0.25, -0.2) is 0 Å². The lowest BCUT2D eigenvalue weighted by Crippen LogP contribution is -2.17. The van der Waals surface area contributed by atoms with E-state index in [1.54, 1.807) is 0 Å². The van der Waals surface area contributed by atoms with E-state index in [1.165, 1.54) is 0 Å². The molecule has 2 unspecified atom stereocenters. The third-order valence-corrected chi connectivity index (χ3v) is 7.33. The molecule has 0 radical (unpaired) electrons. The number of hydrogen-bond donors (Lipinski definition) is 4. The molecular weight excluding hydrogens is 514 g/mol. The molecule has 0 amide bonds. The third kappa shape index (κ3) is 9.47. The fourth-order valence-electron chi connectivity index (χ4n) is 5.42. The second-order valence-corrected chi connectivity index (χ2v) is 12.4. The minimum Gasteiger partial charge on any atom is -0.383 e. The summed E-state index contributed by atoms with van der Waals surface area (Å²) >= 11 is 0. The van der Waals surface area contributed by atoms with Crippen LogP contribution >= 0.6 is 0 Å². The largest absolute Gasteiger partial charge is 0.383 e. The highest BCUT2D eigenvalue weighted by molar-refractivity contribution is 5.70. The van der Waals surface area contributed by atoms with Crippen molar-refractivity contribution in [2.24, 2.45) is 11.8 Å². The molecule has 0 aromatic heterocycles. The summed E-state index contributed by atoms with van der Waals surface area (Å²) in [6.07, 6.45) is 2.32. The van der Waals surface area contributed by atoms with Crippen molar-refractivity contribution < 1.29 is 0 Å². The first-order chi connectivity index (χ1) is 20.1. The van der Waals surface area contributed by atoms with Crippen LogP contribution in [0.15, 0.2) is 97.1 Å². The van der Waals surface area contributed by atoms with Gasteiger partial charge in [-0.15, -0.1) is 0 Å². The number of nitrogens with one attached hydrogen (secondary N) is 4. The lowest BCUT2D eigenvalue weighted by molar-refractivity contribution is 0.539. The summed E-state index contributed by atoms with van der Waals surface area (Å²) in [5.74, 6) is 1.37. The lowest BCUT2D eigenvalue weighted by atomic mass is 10.1. The molecule has 42 heavy (non-hydrogen) atoms. The number of anilines is 8. The van der Waals surface area contributed by atoms with Gasteiger partial charge >= 0.3 is 0 Å². The fraction of sp³-hybridized carbons (Fsp3) is 0.351. The summed E-state index contributed by atoms with van der Waals surface area (Å²) in [6, 6.07) is 35.1. The summed E-state index contributed by atoms with van der Waals surface area (Å²) in [6.45, 7) is 13.5. The number of hydrogen-bond acceptors (Lipinski definition) is 5. The van der Waals surface area contributed by atoms with Crippen molar-refractivity contribution in [3.63, 3.8) is 0 Å². The predicted octanol–water partition coefficient (Wildman–Crippen LogP) is 10.6. The topological polar surface area (TPSA) is 51.4 Å².